The Morgan fingerprint density at radius 1 is 1.29 bits per heavy atom. The molecule has 0 aliphatic heterocycles. The molecule has 0 amide bonds. The molecule has 4 nitrogen and oxygen atoms in total. The number of hydrogen-bond acceptors (Lipinski definition) is 4. The molecule has 1 aromatic carbocycles. The molecule has 0 radical (unpaired) electrons. The Morgan fingerprint density at radius 2 is 1.86 bits per heavy atom. The van der Waals surface area contributed by atoms with Crippen LogP contribution >= 0.6 is 24.2 Å². The van der Waals surface area contributed by atoms with Gasteiger partial charge >= 0.3 is 0 Å². The second-order valence-corrected chi connectivity index (χ2v) is 8.04. The van der Waals surface area contributed by atoms with Crippen LogP contribution in [0.3, 0.4) is 0 Å². The molecular formula is C14H25ClN2O2S2. The molecule has 0 saturated heterocycles. The first-order valence-corrected chi connectivity index (χ1v) is 9.32. The van der Waals surface area contributed by atoms with E-state index in [9.17, 15) is 8.42 Å². The third kappa shape index (κ3) is 5.45. The Kier molecular flexibility index (Phi) is 8.89. The van der Waals surface area contributed by atoms with Crippen LogP contribution in [-0.4, -0.2) is 38.6 Å². The Labute approximate surface area is 138 Å². The van der Waals surface area contributed by atoms with E-state index in [4.69, 9.17) is 5.73 Å². The fourth-order valence-corrected chi connectivity index (χ4v) is 4.09. The zero-order valence-corrected chi connectivity index (χ0v) is 15.4. The molecule has 1 aromatic rings. The summed E-state index contributed by atoms with van der Waals surface area (Å²) in [5, 5.41) is 0. The predicted molar refractivity (Wildman–Crippen MR) is 92.7 cm³/mol. The summed E-state index contributed by atoms with van der Waals surface area (Å²) >= 11 is 1.44. The van der Waals surface area contributed by atoms with E-state index in [1.54, 1.807) is 19.2 Å². The van der Waals surface area contributed by atoms with Crippen molar-refractivity contribution < 1.29 is 8.42 Å². The average Bonchev–Trinajstić information content (AvgIpc) is 2.43. The monoisotopic (exact) mass is 352 g/mol. The van der Waals surface area contributed by atoms with Crippen molar-refractivity contribution in [2.45, 2.75) is 36.1 Å². The van der Waals surface area contributed by atoms with E-state index in [1.165, 1.54) is 16.1 Å². The van der Waals surface area contributed by atoms with Crippen LogP contribution in [0.25, 0.3) is 0 Å². The molecule has 2 N–H and O–H groups in total. The van der Waals surface area contributed by atoms with Crippen molar-refractivity contribution in [3.05, 3.63) is 24.3 Å². The van der Waals surface area contributed by atoms with Gasteiger partial charge in [-0.1, -0.05) is 26.0 Å². The maximum atomic E-state index is 12.6. The predicted octanol–water partition coefficient (Wildman–Crippen LogP) is 2.82. The summed E-state index contributed by atoms with van der Waals surface area (Å²) < 4.78 is 26.5. The highest BCUT2D eigenvalue weighted by Gasteiger charge is 2.24. The largest absolute Gasteiger partial charge is 0.327 e. The minimum Gasteiger partial charge on any atom is -0.327 e. The first kappa shape index (κ1) is 20.7. The van der Waals surface area contributed by atoms with Crippen LogP contribution < -0.4 is 5.73 Å². The molecule has 0 spiro atoms. The fraction of sp³-hybridized carbons (Fsp3) is 0.571. The van der Waals surface area contributed by atoms with Crippen LogP contribution in [0.15, 0.2) is 34.1 Å². The van der Waals surface area contributed by atoms with Gasteiger partial charge in [0.15, 0.2) is 0 Å². The van der Waals surface area contributed by atoms with Gasteiger partial charge < -0.3 is 5.73 Å². The SMILES string of the molecule is CSc1ccccc1S(=O)(=O)N(C)CCC(N)C(C)C.Cl. The molecule has 0 heterocycles. The summed E-state index contributed by atoms with van der Waals surface area (Å²) in [5.41, 5.74) is 5.98. The van der Waals surface area contributed by atoms with Crippen LogP contribution in [0.4, 0.5) is 0 Å². The molecule has 0 aromatic heterocycles. The van der Waals surface area contributed by atoms with Gasteiger partial charge in [-0.25, -0.2) is 12.7 Å². The Morgan fingerprint density at radius 3 is 2.38 bits per heavy atom. The van der Waals surface area contributed by atoms with E-state index >= 15 is 0 Å². The van der Waals surface area contributed by atoms with Crippen molar-refractivity contribution in [1.29, 1.82) is 0 Å². The quantitative estimate of drug-likeness (QED) is 0.766. The number of benzene rings is 1. The molecule has 1 atom stereocenters. The zero-order valence-electron chi connectivity index (χ0n) is 12.9. The molecule has 0 saturated carbocycles. The second-order valence-electron chi connectivity index (χ2n) is 5.17. The van der Waals surface area contributed by atoms with E-state index in [1.807, 2.05) is 32.2 Å². The zero-order chi connectivity index (χ0) is 15.3. The van der Waals surface area contributed by atoms with Gasteiger partial charge in [0.2, 0.25) is 10.0 Å². The van der Waals surface area contributed by atoms with Crippen molar-refractivity contribution in [2.24, 2.45) is 11.7 Å². The maximum absolute atomic E-state index is 12.6. The van der Waals surface area contributed by atoms with E-state index in [2.05, 4.69) is 0 Å². The number of rotatable bonds is 7. The topological polar surface area (TPSA) is 63.4 Å². The van der Waals surface area contributed by atoms with E-state index in [-0.39, 0.29) is 18.4 Å². The van der Waals surface area contributed by atoms with Gasteiger partial charge in [-0.3, -0.25) is 0 Å². The van der Waals surface area contributed by atoms with Crippen molar-refractivity contribution in [1.82, 2.24) is 4.31 Å². The first-order valence-electron chi connectivity index (χ1n) is 6.65. The summed E-state index contributed by atoms with van der Waals surface area (Å²) in [7, 11) is -1.84. The number of sulfonamides is 1. The molecule has 0 aliphatic rings. The number of hydrogen-bond donors (Lipinski definition) is 1. The second kappa shape index (κ2) is 9.00. The molecule has 0 aliphatic carbocycles. The summed E-state index contributed by atoms with van der Waals surface area (Å²) in [6, 6.07) is 7.09. The third-order valence-electron chi connectivity index (χ3n) is 3.39. The van der Waals surface area contributed by atoms with Gasteiger partial charge in [-0.2, -0.15) is 0 Å². The van der Waals surface area contributed by atoms with Gasteiger partial charge in [0.05, 0.1) is 4.90 Å². The van der Waals surface area contributed by atoms with Gasteiger partial charge in [-0.05, 0) is 30.7 Å². The molecule has 1 rings (SSSR count). The van der Waals surface area contributed by atoms with Crippen LogP contribution in [0.1, 0.15) is 20.3 Å². The molecule has 0 fully saturated rings. The Balaban J connectivity index is 0.00000400. The lowest BCUT2D eigenvalue weighted by Gasteiger charge is -2.22. The van der Waals surface area contributed by atoms with Crippen LogP contribution in [-0.2, 0) is 10.0 Å². The summed E-state index contributed by atoms with van der Waals surface area (Å²) in [5.74, 6) is 0.351. The molecule has 0 bridgehead atoms. The molecular weight excluding hydrogens is 328 g/mol. The van der Waals surface area contributed by atoms with Crippen LogP contribution in [0, 0.1) is 5.92 Å². The number of nitrogens with zero attached hydrogens (tertiary/aromatic N) is 1. The van der Waals surface area contributed by atoms with Crippen LogP contribution in [0.5, 0.6) is 0 Å². The standard InChI is InChI=1S/C14H24N2O2S2.ClH/c1-11(2)12(15)9-10-16(3)20(17,18)14-8-6-5-7-13(14)19-4;/h5-8,11-12H,9-10,15H2,1-4H3;1H. The number of halogens is 1. The number of thioether (sulfide) groups is 1. The normalized spacial score (nSPS) is 13.3. The highest BCUT2D eigenvalue weighted by Crippen LogP contribution is 2.26. The third-order valence-corrected chi connectivity index (χ3v) is 6.23. The minimum atomic E-state index is -3.45. The highest BCUT2D eigenvalue weighted by molar-refractivity contribution is 7.99. The van der Waals surface area contributed by atoms with E-state index in [0.717, 1.165) is 4.90 Å². The maximum Gasteiger partial charge on any atom is 0.243 e. The first-order chi connectivity index (χ1) is 9.30. The van der Waals surface area contributed by atoms with Gasteiger partial charge in [-0.15, -0.1) is 24.2 Å². The summed E-state index contributed by atoms with van der Waals surface area (Å²) in [6.07, 6.45) is 2.54. The Hall–Kier alpha value is -0.270. The van der Waals surface area contributed by atoms with Crippen LogP contribution in [0.2, 0.25) is 0 Å². The smallest absolute Gasteiger partial charge is 0.243 e. The van der Waals surface area contributed by atoms with Crippen molar-refractivity contribution in [3.8, 4) is 0 Å². The molecule has 1 unspecified atom stereocenters. The van der Waals surface area contributed by atoms with E-state index < -0.39 is 10.0 Å². The lowest BCUT2D eigenvalue weighted by molar-refractivity contribution is 0.397. The van der Waals surface area contributed by atoms with Gasteiger partial charge in [0, 0.05) is 24.5 Å². The highest BCUT2D eigenvalue weighted by atomic mass is 35.5. The van der Waals surface area contributed by atoms with Crippen molar-refractivity contribution in [2.75, 3.05) is 19.8 Å². The molecule has 122 valence electrons. The van der Waals surface area contributed by atoms with E-state index in [0.29, 0.717) is 23.8 Å². The number of nitrogens with two attached hydrogens (primary N) is 1. The van der Waals surface area contributed by atoms with Gasteiger partial charge in [0.25, 0.3) is 0 Å². The summed E-state index contributed by atoms with van der Waals surface area (Å²) in [4.78, 5) is 1.14. The lowest BCUT2D eigenvalue weighted by atomic mass is 10.0. The van der Waals surface area contributed by atoms with Crippen molar-refractivity contribution >= 4 is 34.2 Å². The van der Waals surface area contributed by atoms with Crippen molar-refractivity contribution in [3.63, 3.8) is 0 Å². The lowest BCUT2D eigenvalue weighted by Crippen LogP contribution is -2.34. The molecule has 7 heteroatoms. The van der Waals surface area contributed by atoms with Gasteiger partial charge in [0.1, 0.15) is 0 Å². The minimum absolute atomic E-state index is 0. The molecule has 21 heavy (non-hydrogen) atoms. The Bertz CT molecular complexity index is 536. The fourth-order valence-electron chi connectivity index (χ4n) is 1.78. The summed E-state index contributed by atoms with van der Waals surface area (Å²) in [6.45, 7) is 4.52. The average molecular weight is 353 g/mol.